The smallest absolute Gasteiger partial charge is 0.270 e. The Bertz CT molecular complexity index is 1390. The second-order valence-electron chi connectivity index (χ2n) is 11.4. The fraction of sp³-hybridized carbons (Fsp3) is 0.387. The van der Waals surface area contributed by atoms with Gasteiger partial charge in [0.1, 0.15) is 0 Å². The number of aromatic nitrogens is 1. The fourth-order valence-corrected chi connectivity index (χ4v) is 7.88. The lowest BCUT2D eigenvalue weighted by atomic mass is 9.48. The number of aryl methyl sites for hydroxylation is 1. The molecule has 4 fully saturated rings. The van der Waals surface area contributed by atoms with Gasteiger partial charge in [0.15, 0.2) is 0 Å². The molecule has 2 aromatic carbocycles. The van der Waals surface area contributed by atoms with Crippen LogP contribution in [-0.2, 0) is 5.41 Å². The molecule has 0 N–H and O–H groups in total. The van der Waals surface area contributed by atoms with Crippen molar-refractivity contribution < 1.29 is 4.92 Å². The number of hydrogen-bond acceptors (Lipinski definition) is 3. The van der Waals surface area contributed by atoms with E-state index in [1.807, 2.05) is 6.08 Å². The molecule has 0 unspecified atom stereocenters. The van der Waals surface area contributed by atoms with Gasteiger partial charge in [0.2, 0.25) is 0 Å². The summed E-state index contributed by atoms with van der Waals surface area (Å²) in [6.45, 7) is 4.14. The van der Waals surface area contributed by atoms with Crippen molar-refractivity contribution in [1.29, 1.82) is 5.26 Å². The van der Waals surface area contributed by atoms with Gasteiger partial charge in [-0.05, 0) is 117 Å². The normalized spacial score (nSPS) is 26.7. The molecule has 5 heteroatoms. The van der Waals surface area contributed by atoms with Gasteiger partial charge < -0.3 is 4.57 Å². The lowest BCUT2D eigenvalue weighted by Gasteiger charge is -2.57. The average Bonchev–Trinajstić information content (AvgIpc) is 3.14. The Hall–Kier alpha value is -3.65. The Morgan fingerprint density at radius 1 is 1.03 bits per heavy atom. The zero-order valence-electron chi connectivity index (χ0n) is 20.9. The third-order valence-electron chi connectivity index (χ3n) is 9.03. The molecular formula is C31H31N3O2. The van der Waals surface area contributed by atoms with E-state index in [0.29, 0.717) is 16.6 Å². The number of nitrogens with zero attached hydrogens (tertiary/aromatic N) is 3. The van der Waals surface area contributed by atoms with Crippen molar-refractivity contribution in [3.63, 3.8) is 0 Å². The van der Waals surface area contributed by atoms with Gasteiger partial charge in [0, 0.05) is 29.2 Å². The van der Waals surface area contributed by atoms with E-state index in [1.165, 1.54) is 56.2 Å². The predicted octanol–water partition coefficient (Wildman–Crippen LogP) is 7.53. The molecular weight excluding hydrogens is 446 g/mol. The number of nitriles is 1. The maximum Gasteiger partial charge on any atom is 0.270 e. The molecule has 4 saturated carbocycles. The van der Waals surface area contributed by atoms with Crippen LogP contribution in [-0.4, -0.2) is 9.49 Å². The summed E-state index contributed by atoms with van der Waals surface area (Å²) in [6, 6.07) is 19.8. The van der Waals surface area contributed by atoms with Gasteiger partial charge >= 0.3 is 0 Å². The first-order valence-electron chi connectivity index (χ1n) is 13.0. The van der Waals surface area contributed by atoms with Gasteiger partial charge in [-0.25, -0.2) is 0 Å². The Kier molecular flexibility index (Phi) is 5.37. The quantitative estimate of drug-likeness (QED) is 0.216. The third-order valence-corrected chi connectivity index (χ3v) is 9.03. The van der Waals surface area contributed by atoms with Crippen LogP contribution in [0.3, 0.4) is 0 Å². The first kappa shape index (κ1) is 22.8. The molecule has 0 atom stereocenters. The molecule has 4 bridgehead atoms. The molecule has 0 spiro atoms. The molecule has 7 rings (SSSR count). The van der Waals surface area contributed by atoms with E-state index in [-0.39, 0.29) is 5.69 Å². The number of nitro groups is 1. The second-order valence-corrected chi connectivity index (χ2v) is 11.4. The van der Waals surface area contributed by atoms with Gasteiger partial charge in [0.05, 0.1) is 16.6 Å². The van der Waals surface area contributed by atoms with E-state index < -0.39 is 4.92 Å². The summed E-state index contributed by atoms with van der Waals surface area (Å²) in [5.74, 6) is 2.79. The fourth-order valence-electron chi connectivity index (χ4n) is 7.88. The minimum Gasteiger partial charge on any atom is -0.318 e. The van der Waals surface area contributed by atoms with Crippen LogP contribution in [0.25, 0.3) is 17.3 Å². The van der Waals surface area contributed by atoms with Gasteiger partial charge in [-0.3, -0.25) is 10.1 Å². The van der Waals surface area contributed by atoms with E-state index in [9.17, 15) is 15.4 Å². The highest BCUT2D eigenvalue weighted by Gasteiger charge is 2.51. The Morgan fingerprint density at radius 3 is 2.25 bits per heavy atom. The van der Waals surface area contributed by atoms with Crippen molar-refractivity contribution in [2.75, 3.05) is 0 Å². The predicted molar refractivity (Wildman–Crippen MR) is 142 cm³/mol. The van der Waals surface area contributed by atoms with E-state index in [0.717, 1.165) is 40.4 Å². The number of rotatable bonds is 5. The van der Waals surface area contributed by atoms with Crippen LogP contribution in [0, 0.1) is 53.0 Å². The van der Waals surface area contributed by atoms with Gasteiger partial charge in [-0.2, -0.15) is 5.26 Å². The first-order valence-corrected chi connectivity index (χ1v) is 13.0. The summed E-state index contributed by atoms with van der Waals surface area (Å²) in [6.07, 6.45) is 10.3. The van der Waals surface area contributed by atoms with Crippen LogP contribution in [0.5, 0.6) is 0 Å². The zero-order valence-corrected chi connectivity index (χ0v) is 20.9. The second kappa shape index (κ2) is 8.48. The van der Waals surface area contributed by atoms with E-state index >= 15 is 0 Å². The summed E-state index contributed by atoms with van der Waals surface area (Å²) < 4.78 is 2.23. The largest absolute Gasteiger partial charge is 0.318 e. The Labute approximate surface area is 212 Å². The molecule has 182 valence electrons. The summed E-state index contributed by atoms with van der Waals surface area (Å²) in [4.78, 5) is 10.7. The molecule has 0 aliphatic heterocycles. The van der Waals surface area contributed by atoms with Crippen molar-refractivity contribution >= 4 is 17.3 Å². The molecule has 4 aliphatic carbocycles. The molecule has 1 aromatic heterocycles. The lowest BCUT2D eigenvalue weighted by Crippen LogP contribution is -2.48. The van der Waals surface area contributed by atoms with Crippen LogP contribution >= 0.6 is 0 Å². The molecule has 36 heavy (non-hydrogen) atoms. The highest BCUT2D eigenvalue weighted by Crippen LogP contribution is 2.60. The Morgan fingerprint density at radius 2 is 1.67 bits per heavy atom. The van der Waals surface area contributed by atoms with Crippen LogP contribution in [0.4, 0.5) is 5.69 Å². The van der Waals surface area contributed by atoms with Crippen molar-refractivity contribution in [3.05, 3.63) is 92.8 Å². The van der Waals surface area contributed by atoms with Crippen LogP contribution in [0.1, 0.15) is 66.6 Å². The minimum absolute atomic E-state index is 0.0155. The van der Waals surface area contributed by atoms with Gasteiger partial charge in [-0.15, -0.1) is 0 Å². The van der Waals surface area contributed by atoms with Crippen LogP contribution in [0.15, 0.2) is 54.6 Å². The molecule has 4 aliphatic rings. The summed E-state index contributed by atoms with van der Waals surface area (Å²) in [5, 5.41) is 21.0. The molecule has 0 amide bonds. The minimum atomic E-state index is -0.433. The number of non-ortho nitro benzene ring substituents is 1. The molecule has 0 saturated heterocycles. The third kappa shape index (κ3) is 3.76. The van der Waals surface area contributed by atoms with Crippen LogP contribution in [0.2, 0.25) is 0 Å². The molecule has 3 aromatic rings. The van der Waals surface area contributed by atoms with E-state index in [1.54, 1.807) is 12.1 Å². The number of hydrogen-bond donors (Lipinski definition) is 0. The summed E-state index contributed by atoms with van der Waals surface area (Å²) >= 11 is 0. The first-order chi connectivity index (χ1) is 17.3. The highest BCUT2D eigenvalue weighted by molar-refractivity contribution is 5.90. The molecule has 5 nitrogen and oxygen atoms in total. The average molecular weight is 478 g/mol. The lowest BCUT2D eigenvalue weighted by molar-refractivity contribution is -0.384. The monoisotopic (exact) mass is 477 g/mol. The summed E-state index contributed by atoms with van der Waals surface area (Å²) in [7, 11) is 0. The van der Waals surface area contributed by atoms with E-state index in [2.05, 4.69) is 54.8 Å². The Balaban J connectivity index is 1.31. The van der Waals surface area contributed by atoms with Crippen LogP contribution < -0.4 is 0 Å². The maximum atomic E-state index is 11.2. The van der Waals surface area contributed by atoms with Gasteiger partial charge in [0.25, 0.3) is 5.69 Å². The SMILES string of the molecule is Cc1cc(C=C(C#N)c2cccc([N+](=O)[O-])c2)c(C)n1-c1ccc(C23CC4CC(CC(C4)C2)C3)cc1. The zero-order chi connectivity index (χ0) is 25.0. The summed E-state index contributed by atoms with van der Waals surface area (Å²) in [5.41, 5.74) is 7.08. The van der Waals surface area contributed by atoms with E-state index in [4.69, 9.17) is 0 Å². The number of benzene rings is 2. The highest BCUT2D eigenvalue weighted by atomic mass is 16.6. The van der Waals surface area contributed by atoms with Crippen molar-refractivity contribution in [2.24, 2.45) is 17.8 Å². The maximum absolute atomic E-state index is 11.2. The van der Waals surface area contributed by atoms with Crippen molar-refractivity contribution in [1.82, 2.24) is 4.57 Å². The number of allylic oxidation sites excluding steroid dienone is 1. The molecule has 0 radical (unpaired) electrons. The standard InChI is InChI=1S/C31H31N3O2/c1-20-10-26(14-27(19-32)25-4-3-5-30(15-25)34(35)36)21(2)33(20)29-8-6-28(7-9-29)31-16-22-11-23(17-31)13-24(12-22)18-31/h3-10,14-15,22-24H,11-13,16-18H2,1-2H3. The van der Waals surface area contributed by atoms with Crippen molar-refractivity contribution in [3.8, 4) is 11.8 Å². The van der Waals surface area contributed by atoms with Gasteiger partial charge in [-0.1, -0.05) is 24.3 Å². The topological polar surface area (TPSA) is 71.9 Å². The molecule has 1 heterocycles. The van der Waals surface area contributed by atoms with Crippen molar-refractivity contribution in [2.45, 2.75) is 57.8 Å². The number of nitro benzene ring substituents is 1.